The van der Waals surface area contributed by atoms with Crippen molar-refractivity contribution in [1.29, 1.82) is 0 Å². The fourth-order valence-electron chi connectivity index (χ4n) is 2.17. The zero-order valence-electron chi connectivity index (χ0n) is 11.6. The summed E-state index contributed by atoms with van der Waals surface area (Å²) in [4.78, 5) is 24.9. The van der Waals surface area contributed by atoms with E-state index in [1.54, 1.807) is 24.3 Å². The van der Waals surface area contributed by atoms with E-state index in [-0.39, 0.29) is 12.5 Å². The molecule has 1 saturated heterocycles. The quantitative estimate of drug-likeness (QED) is 0.874. The number of amides is 2. The minimum atomic E-state index is -2.87. The van der Waals surface area contributed by atoms with E-state index in [2.05, 4.69) is 10.6 Å². The maximum Gasteiger partial charge on any atom is 0.262 e. The van der Waals surface area contributed by atoms with Crippen LogP contribution in [0.3, 0.4) is 0 Å². The lowest BCUT2D eigenvalue weighted by molar-refractivity contribution is -0.135. The van der Waals surface area contributed by atoms with Gasteiger partial charge in [0.1, 0.15) is 0 Å². The molecule has 0 bridgehead atoms. The Labute approximate surface area is 121 Å². The van der Waals surface area contributed by atoms with Gasteiger partial charge < -0.3 is 10.2 Å². The number of likely N-dealkylation sites (N-methyl/N-ethyl adjacent to an activating group) is 1. The zero-order valence-corrected chi connectivity index (χ0v) is 11.6. The second-order valence-corrected chi connectivity index (χ2v) is 5.10. The molecule has 2 N–H and O–H groups in total. The summed E-state index contributed by atoms with van der Waals surface area (Å²) in [5.41, 5.74) is 0.619. The van der Waals surface area contributed by atoms with Crippen LogP contribution in [0.25, 0.3) is 0 Å². The number of hydrogen-bond donors (Lipinski definition) is 2. The van der Waals surface area contributed by atoms with Crippen LogP contribution in [-0.2, 0) is 9.59 Å². The van der Waals surface area contributed by atoms with Gasteiger partial charge in [-0.3, -0.25) is 14.9 Å². The first-order valence-corrected chi connectivity index (χ1v) is 6.58. The largest absolute Gasteiger partial charge is 0.335 e. The zero-order chi connectivity index (χ0) is 15.5. The van der Waals surface area contributed by atoms with Gasteiger partial charge in [0.15, 0.2) is 0 Å². The molecule has 0 saturated carbocycles. The van der Waals surface area contributed by atoms with Crippen molar-refractivity contribution in [3.63, 3.8) is 0 Å². The lowest BCUT2D eigenvalue weighted by atomic mass is 10.1. The van der Waals surface area contributed by atoms with E-state index >= 15 is 0 Å². The van der Waals surface area contributed by atoms with Crippen molar-refractivity contribution >= 4 is 17.5 Å². The van der Waals surface area contributed by atoms with E-state index in [1.807, 2.05) is 6.07 Å². The highest BCUT2D eigenvalue weighted by molar-refractivity contribution is 5.95. The molecule has 1 heterocycles. The van der Waals surface area contributed by atoms with E-state index in [0.717, 1.165) is 4.90 Å². The molecule has 0 aliphatic carbocycles. The van der Waals surface area contributed by atoms with E-state index < -0.39 is 30.8 Å². The number of nitrogens with zero attached hydrogens (tertiary/aromatic N) is 1. The maximum atomic E-state index is 13.1. The Morgan fingerprint density at radius 1 is 1.38 bits per heavy atom. The average molecular weight is 297 g/mol. The highest BCUT2D eigenvalue weighted by Crippen LogP contribution is 2.25. The molecule has 1 aliphatic rings. The predicted octanol–water partition coefficient (Wildman–Crippen LogP) is 1.08. The third-order valence-corrected chi connectivity index (χ3v) is 3.22. The summed E-state index contributed by atoms with van der Waals surface area (Å²) >= 11 is 0. The van der Waals surface area contributed by atoms with Crippen molar-refractivity contribution in [3.8, 4) is 0 Å². The first-order valence-electron chi connectivity index (χ1n) is 6.58. The second kappa shape index (κ2) is 6.17. The Hall–Kier alpha value is -2.02. The molecule has 5 nitrogen and oxygen atoms in total. The first kappa shape index (κ1) is 15.4. The molecule has 7 heteroatoms. The summed E-state index contributed by atoms with van der Waals surface area (Å²) in [6.45, 7) is -0.690. The van der Waals surface area contributed by atoms with Gasteiger partial charge in [0, 0.05) is 19.2 Å². The Bertz CT molecular complexity index is 522. The van der Waals surface area contributed by atoms with Gasteiger partial charge >= 0.3 is 0 Å². The molecule has 2 amide bonds. The molecule has 114 valence electrons. The van der Waals surface area contributed by atoms with Crippen LogP contribution in [0.15, 0.2) is 30.3 Å². The summed E-state index contributed by atoms with van der Waals surface area (Å²) in [5, 5.41) is 5.11. The highest BCUT2D eigenvalue weighted by Gasteiger charge is 2.43. The fraction of sp³-hybridized carbons (Fsp3) is 0.429. The monoisotopic (exact) mass is 297 g/mol. The Morgan fingerprint density at radius 2 is 2.05 bits per heavy atom. The normalized spacial score (nSPS) is 20.0. The first-order chi connectivity index (χ1) is 9.87. The van der Waals surface area contributed by atoms with E-state index in [1.165, 1.54) is 7.05 Å². The van der Waals surface area contributed by atoms with E-state index in [4.69, 9.17) is 0 Å². The van der Waals surface area contributed by atoms with Crippen LogP contribution in [0.2, 0.25) is 0 Å². The molecule has 0 aromatic heterocycles. The van der Waals surface area contributed by atoms with Crippen molar-refractivity contribution in [3.05, 3.63) is 30.3 Å². The number of alkyl halides is 2. The predicted molar refractivity (Wildman–Crippen MR) is 74.1 cm³/mol. The average Bonchev–Trinajstić information content (AvgIpc) is 2.79. The molecule has 1 unspecified atom stereocenters. The summed E-state index contributed by atoms with van der Waals surface area (Å²) in [7, 11) is 1.42. The van der Waals surface area contributed by atoms with Gasteiger partial charge in [-0.15, -0.1) is 0 Å². The summed E-state index contributed by atoms with van der Waals surface area (Å²) < 4.78 is 26.1. The molecule has 1 fully saturated rings. The van der Waals surface area contributed by atoms with Crippen molar-refractivity contribution in [2.24, 2.45) is 0 Å². The number of carbonyl (C=O) groups is 2. The number of benzene rings is 1. The topological polar surface area (TPSA) is 61.4 Å². The smallest absolute Gasteiger partial charge is 0.262 e. The van der Waals surface area contributed by atoms with Crippen LogP contribution in [0.1, 0.15) is 6.42 Å². The molecule has 0 spiro atoms. The van der Waals surface area contributed by atoms with Crippen LogP contribution in [-0.4, -0.2) is 48.8 Å². The molecule has 1 aliphatic heterocycles. The molecule has 0 radical (unpaired) electrons. The van der Waals surface area contributed by atoms with Gasteiger partial charge in [-0.2, -0.15) is 0 Å². The van der Waals surface area contributed by atoms with Crippen molar-refractivity contribution in [1.82, 2.24) is 10.2 Å². The number of hydrogen-bond acceptors (Lipinski definition) is 3. The van der Waals surface area contributed by atoms with Gasteiger partial charge in [0.05, 0.1) is 19.1 Å². The van der Waals surface area contributed by atoms with Crippen molar-refractivity contribution < 1.29 is 18.4 Å². The van der Waals surface area contributed by atoms with Crippen LogP contribution in [0, 0.1) is 0 Å². The summed E-state index contributed by atoms with van der Waals surface area (Å²) in [5.74, 6) is -3.75. The second-order valence-electron chi connectivity index (χ2n) is 5.10. The standard InChI is InChI=1S/C14H17F2N3O2/c1-19(13(21)11-7-14(15,16)9-17-11)8-12(20)18-10-5-3-2-4-6-10/h2-6,11,17H,7-9H2,1H3,(H,18,20). The van der Waals surface area contributed by atoms with Gasteiger partial charge in [-0.1, -0.05) is 18.2 Å². The molecule has 1 aromatic carbocycles. The van der Waals surface area contributed by atoms with E-state index in [9.17, 15) is 18.4 Å². The number of rotatable bonds is 4. The summed E-state index contributed by atoms with van der Waals surface area (Å²) in [6.07, 6.45) is -0.531. The molecular weight excluding hydrogens is 280 g/mol. The van der Waals surface area contributed by atoms with E-state index in [0.29, 0.717) is 5.69 Å². The Kier molecular flexibility index (Phi) is 4.52. The Morgan fingerprint density at radius 3 is 2.62 bits per heavy atom. The lowest BCUT2D eigenvalue weighted by Gasteiger charge is -2.20. The summed E-state index contributed by atoms with van der Waals surface area (Å²) in [6, 6.07) is 7.87. The molecule has 2 rings (SSSR count). The van der Waals surface area contributed by atoms with Crippen LogP contribution >= 0.6 is 0 Å². The number of anilines is 1. The molecule has 21 heavy (non-hydrogen) atoms. The number of halogens is 2. The highest BCUT2D eigenvalue weighted by atomic mass is 19.3. The Balaban J connectivity index is 1.85. The van der Waals surface area contributed by atoms with Gasteiger partial charge in [0.2, 0.25) is 11.8 Å². The maximum absolute atomic E-state index is 13.1. The van der Waals surface area contributed by atoms with Gasteiger partial charge in [0.25, 0.3) is 5.92 Å². The van der Waals surface area contributed by atoms with Gasteiger partial charge in [-0.25, -0.2) is 8.78 Å². The van der Waals surface area contributed by atoms with Crippen LogP contribution < -0.4 is 10.6 Å². The molecule has 1 aromatic rings. The van der Waals surface area contributed by atoms with Gasteiger partial charge in [-0.05, 0) is 12.1 Å². The minimum Gasteiger partial charge on any atom is -0.335 e. The minimum absolute atomic E-state index is 0.183. The SMILES string of the molecule is CN(CC(=O)Nc1ccccc1)C(=O)C1CC(F)(F)CN1. The van der Waals surface area contributed by atoms with Crippen molar-refractivity contribution in [2.75, 3.05) is 25.5 Å². The number of para-hydroxylation sites is 1. The molecule has 1 atom stereocenters. The number of nitrogens with one attached hydrogen (secondary N) is 2. The third-order valence-electron chi connectivity index (χ3n) is 3.22. The van der Waals surface area contributed by atoms with Crippen LogP contribution in [0.4, 0.5) is 14.5 Å². The van der Waals surface area contributed by atoms with Crippen molar-refractivity contribution in [2.45, 2.75) is 18.4 Å². The molecular formula is C14H17F2N3O2. The lowest BCUT2D eigenvalue weighted by Crippen LogP contribution is -2.44. The van der Waals surface area contributed by atoms with Crippen LogP contribution in [0.5, 0.6) is 0 Å². The number of carbonyl (C=O) groups excluding carboxylic acids is 2. The fourth-order valence-corrected chi connectivity index (χ4v) is 2.17. The third kappa shape index (κ3) is 4.22.